The molecule has 1 saturated heterocycles. The summed E-state index contributed by atoms with van der Waals surface area (Å²) in [5.74, 6) is -0.717. The number of urea groups is 1. The molecule has 1 aliphatic heterocycles. The van der Waals surface area contributed by atoms with Gasteiger partial charge in [0, 0.05) is 5.56 Å². The molecular weight excluding hydrogens is 294 g/mol. The minimum atomic E-state index is -0.790. The second-order valence-corrected chi connectivity index (χ2v) is 5.97. The van der Waals surface area contributed by atoms with E-state index in [2.05, 4.69) is 5.32 Å². The number of nitrogens with zero attached hydrogens (tertiary/aromatic N) is 1. The first-order valence-electron chi connectivity index (χ1n) is 7.96. The lowest BCUT2D eigenvalue weighted by Crippen LogP contribution is -2.46. The second-order valence-electron chi connectivity index (χ2n) is 5.97. The number of primary amides is 1. The zero-order chi connectivity index (χ0) is 17.0. The summed E-state index contributed by atoms with van der Waals surface area (Å²) in [6.07, 6.45) is 2.89. The maximum Gasteiger partial charge on any atom is 0.325 e. The van der Waals surface area contributed by atoms with Crippen LogP contribution >= 0.6 is 0 Å². The van der Waals surface area contributed by atoms with Crippen LogP contribution < -0.4 is 11.1 Å². The fourth-order valence-electron chi connectivity index (χ4n) is 3.14. The maximum absolute atomic E-state index is 12.8. The fraction of sp³-hybridized carbons (Fsp3) is 0.471. The normalized spacial score (nSPS) is 16.5. The van der Waals surface area contributed by atoms with Gasteiger partial charge in [0.25, 0.3) is 5.91 Å². The zero-order valence-corrected chi connectivity index (χ0v) is 13.6. The van der Waals surface area contributed by atoms with Gasteiger partial charge in [-0.15, -0.1) is 0 Å². The monoisotopic (exact) mass is 317 g/mol. The van der Waals surface area contributed by atoms with Gasteiger partial charge in [-0.2, -0.15) is 0 Å². The van der Waals surface area contributed by atoms with Crippen LogP contribution in [-0.2, 0) is 11.3 Å². The summed E-state index contributed by atoms with van der Waals surface area (Å²) in [6, 6.07) is 6.31. The van der Waals surface area contributed by atoms with Crippen molar-refractivity contribution in [2.45, 2.75) is 51.6 Å². The molecule has 2 rings (SSSR count). The third-order valence-corrected chi connectivity index (χ3v) is 4.15. The van der Waals surface area contributed by atoms with E-state index in [1.165, 1.54) is 4.90 Å². The molecular formula is C17H23N3O3. The Hall–Kier alpha value is -2.37. The number of hydrogen-bond acceptors (Lipinski definition) is 3. The number of hydrogen-bond donors (Lipinski definition) is 2. The highest BCUT2D eigenvalue weighted by Gasteiger charge is 2.49. The van der Waals surface area contributed by atoms with Gasteiger partial charge in [-0.3, -0.25) is 14.5 Å². The maximum atomic E-state index is 12.8. The van der Waals surface area contributed by atoms with Crippen LogP contribution in [0.5, 0.6) is 0 Å². The van der Waals surface area contributed by atoms with Crippen molar-refractivity contribution in [3.8, 4) is 0 Å². The van der Waals surface area contributed by atoms with Crippen LogP contribution in [0.1, 0.15) is 55.5 Å². The quantitative estimate of drug-likeness (QED) is 0.755. The molecule has 6 nitrogen and oxygen atoms in total. The van der Waals surface area contributed by atoms with E-state index < -0.39 is 11.4 Å². The van der Waals surface area contributed by atoms with Crippen LogP contribution in [0.2, 0.25) is 0 Å². The van der Waals surface area contributed by atoms with Gasteiger partial charge in [-0.25, -0.2) is 4.79 Å². The number of imide groups is 1. The van der Waals surface area contributed by atoms with Crippen molar-refractivity contribution >= 4 is 17.8 Å². The Balaban J connectivity index is 2.23. The van der Waals surface area contributed by atoms with Crippen molar-refractivity contribution in [2.75, 3.05) is 0 Å². The molecule has 0 spiro atoms. The smallest absolute Gasteiger partial charge is 0.325 e. The SMILES string of the molecule is CCCC1(CCC)NC(=O)N(Cc2cccc(C(N)=O)c2)C1=O. The molecule has 0 radical (unpaired) electrons. The van der Waals surface area contributed by atoms with Crippen molar-refractivity contribution in [2.24, 2.45) is 5.73 Å². The van der Waals surface area contributed by atoms with Gasteiger partial charge in [-0.1, -0.05) is 38.8 Å². The predicted molar refractivity (Wildman–Crippen MR) is 86.6 cm³/mol. The Morgan fingerprint density at radius 1 is 1.22 bits per heavy atom. The average Bonchev–Trinajstić information content (AvgIpc) is 2.73. The Morgan fingerprint density at radius 3 is 2.43 bits per heavy atom. The van der Waals surface area contributed by atoms with E-state index in [0.717, 1.165) is 12.8 Å². The molecule has 23 heavy (non-hydrogen) atoms. The van der Waals surface area contributed by atoms with E-state index in [1.54, 1.807) is 24.3 Å². The summed E-state index contributed by atoms with van der Waals surface area (Å²) in [5, 5.41) is 2.87. The van der Waals surface area contributed by atoms with Gasteiger partial charge in [0.1, 0.15) is 5.54 Å². The van der Waals surface area contributed by atoms with Gasteiger partial charge >= 0.3 is 6.03 Å². The number of nitrogens with one attached hydrogen (secondary N) is 1. The Morgan fingerprint density at radius 2 is 1.87 bits per heavy atom. The van der Waals surface area contributed by atoms with Crippen molar-refractivity contribution in [3.05, 3.63) is 35.4 Å². The molecule has 1 heterocycles. The van der Waals surface area contributed by atoms with Gasteiger partial charge in [0.05, 0.1) is 6.54 Å². The van der Waals surface area contributed by atoms with Gasteiger partial charge < -0.3 is 11.1 Å². The topological polar surface area (TPSA) is 92.5 Å². The molecule has 4 amide bonds. The van der Waals surface area contributed by atoms with Crippen molar-refractivity contribution < 1.29 is 14.4 Å². The minimum absolute atomic E-state index is 0.140. The number of rotatable bonds is 7. The predicted octanol–water partition coefficient (Wildman–Crippen LogP) is 2.18. The molecule has 0 saturated carbocycles. The summed E-state index contributed by atoms with van der Waals surface area (Å²) < 4.78 is 0. The van der Waals surface area contributed by atoms with Crippen molar-refractivity contribution in [1.82, 2.24) is 10.2 Å². The molecule has 1 aromatic rings. The van der Waals surface area contributed by atoms with Crippen LogP contribution in [0.15, 0.2) is 24.3 Å². The Kier molecular flexibility index (Phi) is 5.03. The van der Waals surface area contributed by atoms with E-state index >= 15 is 0 Å². The third-order valence-electron chi connectivity index (χ3n) is 4.15. The molecule has 1 aromatic carbocycles. The Labute approximate surface area is 136 Å². The lowest BCUT2D eigenvalue weighted by molar-refractivity contribution is -0.132. The lowest BCUT2D eigenvalue weighted by Gasteiger charge is -2.25. The molecule has 3 N–H and O–H groups in total. The first kappa shape index (κ1) is 17.0. The van der Waals surface area contributed by atoms with E-state index in [1.807, 2.05) is 13.8 Å². The second kappa shape index (κ2) is 6.81. The average molecular weight is 317 g/mol. The van der Waals surface area contributed by atoms with Gasteiger partial charge in [0.15, 0.2) is 0 Å². The standard InChI is InChI=1S/C17H23N3O3/c1-3-8-17(9-4-2)15(22)20(16(23)19-17)11-12-6-5-7-13(10-12)14(18)21/h5-7,10H,3-4,8-9,11H2,1-2H3,(H2,18,21)(H,19,23). The zero-order valence-electron chi connectivity index (χ0n) is 13.6. The van der Waals surface area contributed by atoms with Crippen LogP contribution in [-0.4, -0.2) is 28.3 Å². The summed E-state index contributed by atoms with van der Waals surface area (Å²) in [5.41, 5.74) is 5.55. The van der Waals surface area contributed by atoms with Crippen molar-refractivity contribution in [3.63, 3.8) is 0 Å². The molecule has 0 unspecified atom stereocenters. The molecule has 0 aliphatic carbocycles. The highest BCUT2D eigenvalue weighted by atomic mass is 16.2. The molecule has 0 bridgehead atoms. The molecule has 0 aromatic heterocycles. The minimum Gasteiger partial charge on any atom is -0.366 e. The number of benzene rings is 1. The molecule has 124 valence electrons. The first-order chi connectivity index (χ1) is 10.9. The van der Waals surface area contributed by atoms with Gasteiger partial charge in [-0.05, 0) is 30.5 Å². The largest absolute Gasteiger partial charge is 0.366 e. The number of amides is 4. The molecule has 1 aliphatic rings. The van der Waals surface area contributed by atoms with Gasteiger partial charge in [0.2, 0.25) is 5.91 Å². The highest BCUT2D eigenvalue weighted by Crippen LogP contribution is 2.29. The summed E-state index contributed by atoms with van der Waals surface area (Å²) in [4.78, 5) is 37.5. The number of carbonyl (C=O) groups excluding carboxylic acids is 3. The third kappa shape index (κ3) is 3.36. The summed E-state index contributed by atoms with van der Waals surface area (Å²) in [7, 11) is 0. The van der Waals surface area contributed by atoms with Crippen LogP contribution in [0.25, 0.3) is 0 Å². The van der Waals surface area contributed by atoms with Crippen LogP contribution in [0.3, 0.4) is 0 Å². The summed E-state index contributed by atoms with van der Waals surface area (Å²) in [6.45, 7) is 4.13. The molecule has 1 fully saturated rings. The Bertz CT molecular complexity index is 621. The number of nitrogens with two attached hydrogens (primary N) is 1. The van der Waals surface area contributed by atoms with Crippen LogP contribution in [0, 0.1) is 0 Å². The lowest BCUT2D eigenvalue weighted by atomic mass is 9.88. The highest BCUT2D eigenvalue weighted by molar-refractivity contribution is 6.07. The molecule has 6 heteroatoms. The summed E-state index contributed by atoms with van der Waals surface area (Å²) >= 11 is 0. The van der Waals surface area contributed by atoms with Crippen LogP contribution in [0.4, 0.5) is 4.79 Å². The van der Waals surface area contributed by atoms with E-state index in [0.29, 0.717) is 24.0 Å². The molecule has 0 atom stereocenters. The van der Waals surface area contributed by atoms with E-state index in [-0.39, 0.29) is 18.5 Å². The van der Waals surface area contributed by atoms with E-state index in [4.69, 9.17) is 5.73 Å². The first-order valence-corrected chi connectivity index (χ1v) is 7.96. The fourth-order valence-corrected chi connectivity index (χ4v) is 3.14. The van der Waals surface area contributed by atoms with Crippen molar-refractivity contribution in [1.29, 1.82) is 0 Å². The van der Waals surface area contributed by atoms with E-state index in [9.17, 15) is 14.4 Å². The number of carbonyl (C=O) groups is 3.